The summed E-state index contributed by atoms with van der Waals surface area (Å²) >= 11 is 0. The van der Waals surface area contributed by atoms with Crippen molar-refractivity contribution in [2.24, 2.45) is 0 Å². The van der Waals surface area contributed by atoms with Crippen molar-refractivity contribution in [2.75, 3.05) is 14.2 Å². The van der Waals surface area contributed by atoms with Gasteiger partial charge in [-0.1, -0.05) is 0 Å². The summed E-state index contributed by atoms with van der Waals surface area (Å²) in [6.45, 7) is -1.17. The number of carbonyl (C=O) groups excluding carboxylic acids is 1. The van der Waals surface area contributed by atoms with Crippen LogP contribution in [0.3, 0.4) is 0 Å². The van der Waals surface area contributed by atoms with Gasteiger partial charge in [0.25, 0.3) is 0 Å². The molecule has 1 heterocycles. The van der Waals surface area contributed by atoms with Crippen LogP contribution in [-0.4, -0.2) is 35.7 Å². The van der Waals surface area contributed by atoms with Crippen molar-refractivity contribution in [1.82, 2.24) is 9.55 Å². The fourth-order valence-corrected chi connectivity index (χ4v) is 2.05. The SMILES string of the molecule is COc1ccc(C(=O)/C=C\c2nccn2CC(F)(F)F)c(OC)c1. The van der Waals surface area contributed by atoms with Crippen LogP contribution in [0.2, 0.25) is 0 Å². The first-order chi connectivity index (χ1) is 11.3. The molecular weight excluding hydrogens is 325 g/mol. The fourth-order valence-electron chi connectivity index (χ4n) is 2.05. The molecule has 0 unspecified atom stereocenters. The highest BCUT2D eigenvalue weighted by atomic mass is 19.4. The number of alkyl halides is 3. The number of halogens is 3. The Bertz CT molecular complexity index is 751. The highest BCUT2D eigenvalue weighted by molar-refractivity contribution is 6.08. The third kappa shape index (κ3) is 4.37. The molecule has 0 aliphatic heterocycles. The van der Waals surface area contributed by atoms with E-state index in [0.29, 0.717) is 11.5 Å². The van der Waals surface area contributed by atoms with E-state index in [2.05, 4.69) is 4.98 Å². The van der Waals surface area contributed by atoms with E-state index in [1.807, 2.05) is 0 Å². The van der Waals surface area contributed by atoms with Crippen LogP contribution in [-0.2, 0) is 6.54 Å². The smallest absolute Gasteiger partial charge is 0.406 e. The van der Waals surface area contributed by atoms with Gasteiger partial charge in [0.2, 0.25) is 0 Å². The van der Waals surface area contributed by atoms with Crippen molar-refractivity contribution >= 4 is 11.9 Å². The lowest BCUT2D eigenvalue weighted by molar-refractivity contribution is -0.140. The number of imidazole rings is 1. The van der Waals surface area contributed by atoms with Crippen molar-refractivity contribution in [3.8, 4) is 11.5 Å². The summed E-state index contributed by atoms with van der Waals surface area (Å²) in [6.07, 6.45) is 0.458. The molecule has 0 aliphatic carbocycles. The van der Waals surface area contributed by atoms with Gasteiger partial charge in [-0.2, -0.15) is 13.2 Å². The summed E-state index contributed by atoms with van der Waals surface area (Å²) in [5.74, 6) is 0.444. The third-order valence-electron chi connectivity index (χ3n) is 3.16. The minimum Gasteiger partial charge on any atom is -0.497 e. The van der Waals surface area contributed by atoms with Gasteiger partial charge in [0.15, 0.2) is 5.78 Å². The first-order valence-corrected chi connectivity index (χ1v) is 6.86. The quantitative estimate of drug-likeness (QED) is 0.598. The Balaban J connectivity index is 2.21. The predicted octanol–water partition coefficient (Wildman–Crippen LogP) is 3.36. The number of aromatic nitrogens is 2. The van der Waals surface area contributed by atoms with Gasteiger partial charge in [-0.3, -0.25) is 4.79 Å². The van der Waals surface area contributed by atoms with Crippen LogP contribution in [0, 0.1) is 0 Å². The minimum absolute atomic E-state index is 0.0353. The van der Waals surface area contributed by atoms with E-state index in [4.69, 9.17) is 9.47 Å². The highest BCUT2D eigenvalue weighted by Gasteiger charge is 2.28. The fraction of sp³-hybridized carbons (Fsp3) is 0.250. The van der Waals surface area contributed by atoms with Crippen LogP contribution in [0.25, 0.3) is 6.08 Å². The van der Waals surface area contributed by atoms with Crippen molar-refractivity contribution in [3.63, 3.8) is 0 Å². The van der Waals surface area contributed by atoms with E-state index in [9.17, 15) is 18.0 Å². The molecular formula is C16H15F3N2O3. The number of carbonyl (C=O) groups is 1. The number of ketones is 1. The minimum atomic E-state index is -4.37. The van der Waals surface area contributed by atoms with Crippen LogP contribution < -0.4 is 9.47 Å². The molecule has 0 spiro atoms. The summed E-state index contributed by atoms with van der Waals surface area (Å²) in [5, 5.41) is 0. The van der Waals surface area contributed by atoms with E-state index >= 15 is 0 Å². The Kier molecular flexibility index (Phi) is 5.28. The van der Waals surface area contributed by atoms with Crippen LogP contribution in [0.5, 0.6) is 11.5 Å². The summed E-state index contributed by atoms with van der Waals surface area (Å²) < 4.78 is 48.5. The second-order valence-corrected chi connectivity index (χ2v) is 4.79. The first kappa shape index (κ1) is 17.6. The van der Waals surface area contributed by atoms with Crippen molar-refractivity contribution in [3.05, 3.63) is 48.1 Å². The molecule has 24 heavy (non-hydrogen) atoms. The second-order valence-electron chi connectivity index (χ2n) is 4.79. The normalized spacial score (nSPS) is 11.7. The number of nitrogens with zero attached hydrogens (tertiary/aromatic N) is 2. The molecule has 5 nitrogen and oxygen atoms in total. The summed E-state index contributed by atoms with van der Waals surface area (Å²) in [6, 6.07) is 4.66. The van der Waals surface area contributed by atoms with Crippen LogP contribution >= 0.6 is 0 Å². The van der Waals surface area contributed by atoms with Gasteiger partial charge in [-0.25, -0.2) is 4.98 Å². The molecule has 2 rings (SSSR count). The van der Waals surface area contributed by atoms with Gasteiger partial charge in [0.1, 0.15) is 23.9 Å². The number of hydrogen-bond acceptors (Lipinski definition) is 4. The lowest BCUT2D eigenvalue weighted by atomic mass is 10.1. The Morgan fingerprint density at radius 1 is 1.29 bits per heavy atom. The van der Waals surface area contributed by atoms with E-state index in [-0.39, 0.29) is 11.4 Å². The third-order valence-corrected chi connectivity index (χ3v) is 3.16. The molecule has 1 aromatic heterocycles. The Morgan fingerprint density at radius 2 is 2.04 bits per heavy atom. The molecule has 128 valence electrons. The molecule has 0 atom stereocenters. The standard InChI is InChI=1S/C16H15F3N2O3/c1-23-11-3-4-12(14(9-11)24-2)13(22)5-6-15-20-7-8-21(15)10-16(17,18)19/h3-9H,10H2,1-2H3/b6-5-. The lowest BCUT2D eigenvalue weighted by Crippen LogP contribution is -2.18. The second kappa shape index (κ2) is 7.20. The molecule has 0 N–H and O–H groups in total. The number of rotatable bonds is 6. The molecule has 0 bridgehead atoms. The average molecular weight is 340 g/mol. The van der Waals surface area contributed by atoms with Gasteiger partial charge >= 0.3 is 6.18 Å². The molecule has 0 aliphatic rings. The molecule has 0 saturated heterocycles. The van der Waals surface area contributed by atoms with Gasteiger partial charge in [-0.15, -0.1) is 0 Å². The van der Waals surface area contributed by atoms with Gasteiger partial charge in [-0.05, 0) is 24.3 Å². The zero-order chi connectivity index (χ0) is 17.7. The Hall–Kier alpha value is -2.77. The molecule has 0 radical (unpaired) electrons. The highest BCUT2D eigenvalue weighted by Crippen LogP contribution is 2.25. The number of hydrogen-bond donors (Lipinski definition) is 0. The summed E-state index contributed by atoms with van der Waals surface area (Å²) in [5.41, 5.74) is 0.267. The Morgan fingerprint density at radius 3 is 2.67 bits per heavy atom. The van der Waals surface area contributed by atoms with Crippen molar-refractivity contribution < 1.29 is 27.4 Å². The molecule has 2 aromatic rings. The van der Waals surface area contributed by atoms with E-state index < -0.39 is 18.5 Å². The van der Waals surface area contributed by atoms with Crippen molar-refractivity contribution in [1.29, 1.82) is 0 Å². The number of methoxy groups -OCH3 is 2. The molecule has 1 aromatic carbocycles. The lowest BCUT2D eigenvalue weighted by Gasteiger charge is -2.09. The topological polar surface area (TPSA) is 53.3 Å². The maximum Gasteiger partial charge on any atom is 0.406 e. The van der Waals surface area contributed by atoms with Crippen molar-refractivity contribution in [2.45, 2.75) is 12.7 Å². The Labute approximate surface area is 136 Å². The molecule has 8 heteroatoms. The maximum atomic E-state index is 12.5. The van der Waals surface area contributed by atoms with E-state index in [0.717, 1.165) is 10.6 Å². The van der Waals surface area contributed by atoms with Gasteiger partial charge in [0.05, 0.1) is 19.8 Å². The largest absolute Gasteiger partial charge is 0.497 e. The van der Waals surface area contributed by atoms with E-state index in [1.165, 1.54) is 38.8 Å². The zero-order valence-electron chi connectivity index (χ0n) is 13.0. The van der Waals surface area contributed by atoms with Crippen LogP contribution in [0.4, 0.5) is 13.2 Å². The molecule has 0 fully saturated rings. The number of allylic oxidation sites excluding steroid dienone is 1. The predicted molar refractivity (Wildman–Crippen MR) is 81.2 cm³/mol. The van der Waals surface area contributed by atoms with Gasteiger partial charge in [0, 0.05) is 18.5 Å². The molecule has 0 amide bonds. The first-order valence-electron chi connectivity index (χ1n) is 6.86. The maximum absolute atomic E-state index is 12.5. The number of ether oxygens (including phenoxy) is 2. The summed E-state index contributed by atoms with van der Waals surface area (Å²) in [7, 11) is 2.89. The molecule has 0 saturated carbocycles. The van der Waals surface area contributed by atoms with Crippen LogP contribution in [0.1, 0.15) is 16.2 Å². The van der Waals surface area contributed by atoms with Crippen LogP contribution in [0.15, 0.2) is 36.7 Å². The monoisotopic (exact) mass is 340 g/mol. The number of benzene rings is 1. The average Bonchev–Trinajstić information content (AvgIpc) is 2.97. The zero-order valence-corrected chi connectivity index (χ0v) is 13.0. The summed E-state index contributed by atoms with van der Waals surface area (Å²) in [4.78, 5) is 16.1. The van der Waals surface area contributed by atoms with E-state index in [1.54, 1.807) is 12.1 Å². The van der Waals surface area contributed by atoms with Gasteiger partial charge < -0.3 is 14.0 Å².